The van der Waals surface area contributed by atoms with Crippen molar-refractivity contribution in [3.63, 3.8) is 0 Å². The zero-order valence-electron chi connectivity index (χ0n) is 10.5. The summed E-state index contributed by atoms with van der Waals surface area (Å²) in [5.74, 6) is -2.03. The third kappa shape index (κ3) is 3.27. The molecule has 6 nitrogen and oxygen atoms in total. The second-order valence-corrected chi connectivity index (χ2v) is 4.06. The van der Waals surface area contributed by atoms with Crippen molar-refractivity contribution in [2.45, 2.75) is 6.54 Å². The maximum Gasteiger partial charge on any atom is 0.312 e. The summed E-state index contributed by atoms with van der Waals surface area (Å²) in [6.45, 7) is 0.0247. The summed E-state index contributed by atoms with van der Waals surface area (Å²) >= 11 is 0. The normalized spacial score (nSPS) is 9.95. The second-order valence-electron chi connectivity index (χ2n) is 4.06. The highest BCUT2D eigenvalue weighted by Gasteiger charge is 2.16. The van der Waals surface area contributed by atoms with Crippen LogP contribution in [0, 0.1) is 33.1 Å². The highest BCUT2D eigenvalue weighted by Crippen LogP contribution is 2.23. The number of hydrogen-bond acceptors (Lipinski definition) is 5. The van der Waals surface area contributed by atoms with Crippen LogP contribution in [0.3, 0.4) is 0 Å². The zero-order chi connectivity index (χ0) is 15.4. The molecule has 8 heteroatoms. The molecule has 1 aromatic heterocycles. The van der Waals surface area contributed by atoms with Gasteiger partial charge in [-0.1, -0.05) is 6.07 Å². The zero-order valence-corrected chi connectivity index (χ0v) is 10.5. The molecule has 0 amide bonds. The summed E-state index contributed by atoms with van der Waals surface area (Å²) < 4.78 is 25.8. The maximum atomic E-state index is 13.0. The molecular formula is C13H8F2N4O2. The van der Waals surface area contributed by atoms with Crippen molar-refractivity contribution in [2.24, 2.45) is 0 Å². The number of rotatable bonds is 4. The Morgan fingerprint density at radius 2 is 2.10 bits per heavy atom. The lowest BCUT2D eigenvalue weighted by Gasteiger charge is -2.06. The van der Waals surface area contributed by atoms with Crippen LogP contribution < -0.4 is 5.32 Å². The molecule has 2 aromatic rings. The van der Waals surface area contributed by atoms with Gasteiger partial charge in [-0.05, 0) is 17.7 Å². The molecule has 0 unspecified atom stereocenters. The molecule has 0 aliphatic rings. The van der Waals surface area contributed by atoms with Gasteiger partial charge in [-0.3, -0.25) is 10.1 Å². The Morgan fingerprint density at radius 3 is 2.71 bits per heavy atom. The first-order chi connectivity index (χ1) is 10.0. The molecule has 2 rings (SSSR count). The van der Waals surface area contributed by atoms with E-state index < -0.39 is 16.6 Å². The molecule has 0 radical (unpaired) electrons. The van der Waals surface area contributed by atoms with E-state index in [0.717, 1.165) is 18.2 Å². The lowest BCUT2D eigenvalue weighted by Crippen LogP contribution is -2.05. The van der Waals surface area contributed by atoms with Gasteiger partial charge in [-0.15, -0.1) is 0 Å². The highest BCUT2D eigenvalue weighted by atomic mass is 19.2. The van der Waals surface area contributed by atoms with Crippen LogP contribution in [0.25, 0.3) is 0 Å². The van der Waals surface area contributed by atoms with E-state index in [2.05, 4.69) is 10.3 Å². The Kier molecular flexibility index (Phi) is 4.04. The van der Waals surface area contributed by atoms with E-state index in [1.165, 1.54) is 12.3 Å². The number of nitrogens with one attached hydrogen (secondary N) is 1. The van der Waals surface area contributed by atoms with E-state index in [4.69, 9.17) is 5.26 Å². The minimum Gasteiger partial charge on any atom is -0.360 e. The van der Waals surface area contributed by atoms with Gasteiger partial charge in [-0.25, -0.2) is 13.8 Å². The molecule has 0 aliphatic heterocycles. The van der Waals surface area contributed by atoms with Crippen LogP contribution in [0.4, 0.5) is 20.3 Å². The van der Waals surface area contributed by atoms with E-state index in [-0.39, 0.29) is 23.6 Å². The first-order valence-electron chi connectivity index (χ1n) is 5.73. The second kappa shape index (κ2) is 5.92. The molecule has 1 N–H and O–H groups in total. The van der Waals surface area contributed by atoms with E-state index in [0.29, 0.717) is 5.56 Å². The first-order valence-corrected chi connectivity index (χ1v) is 5.73. The van der Waals surface area contributed by atoms with Gasteiger partial charge in [0.1, 0.15) is 6.07 Å². The van der Waals surface area contributed by atoms with Gasteiger partial charge in [-0.2, -0.15) is 5.26 Å². The Morgan fingerprint density at radius 1 is 1.33 bits per heavy atom. The summed E-state index contributed by atoms with van der Waals surface area (Å²) in [4.78, 5) is 14.0. The number of aromatic nitrogens is 1. The maximum absolute atomic E-state index is 13.0. The van der Waals surface area contributed by atoms with Crippen LogP contribution in [0.1, 0.15) is 11.1 Å². The predicted molar refractivity (Wildman–Crippen MR) is 69.3 cm³/mol. The molecule has 0 saturated heterocycles. The molecule has 21 heavy (non-hydrogen) atoms. The minimum absolute atomic E-state index is 0.0247. The van der Waals surface area contributed by atoms with Gasteiger partial charge < -0.3 is 5.32 Å². The van der Waals surface area contributed by atoms with E-state index in [9.17, 15) is 18.9 Å². The van der Waals surface area contributed by atoms with Gasteiger partial charge >= 0.3 is 5.69 Å². The minimum atomic E-state index is -1.00. The number of anilines is 1. The number of hydrogen-bond donors (Lipinski definition) is 1. The lowest BCUT2D eigenvalue weighted by molar-refractivity contribution is -0.384. The average molecular weight is 290 g/mol. The van der Waals surface area contributed by atoms with Crippen molar-refractivity contribution in [1.29, 1.82) is 5.26 Å². The summed E-state index contributed by atoms with van der Waals surface area (Å²) in [6, 6.07) is 6.13. The fourth-order valence-corrected chi connectivity index (χ4v) is 1.63. The summed E-state index contributed by atoms with van der Waals surface area (Å²) in [7, 11) is 0. The number of nitrogens with zero attached hydrogens (tertiary/aromatic N) is 3. The van der Waals surface area contributed by atoms with Gasteiger partial charge in [0.2, 0.25) is 5.82 Å². The summed E-state index contributed by atoms with van der Waals surface area (Å²) in [6.07, 6.45) is 1.18. The van der Waals surface area contributed by atoms with Crippen molar-refractivity contribution < 1.29 is 13.7 Å². The molecule has 0 aliphatic carbocycles. The van der Waals surface area contributed by atoms with Crippen LogP contribution in [0.2, 0.25) is 0 Å². The van der Waals surface area contributed by atoms with Crippen LogP contribution in [-0.2, 0) is 6.54 Å². The van der Waals surface area contributed by atoms with Crippen LogP contribution in [0.15, 0.2) is 30.5 Å². The van der Waals surface area contributed by atoms with Gasteiger partial charge in [0.15, 0.2) is 11.6 Å². The van der Waals surface area contributed by atoms with E-state index in [1.54, 1.807) is 6.07 Å². The molecule has 0 bridgehead atoms. The molecule has 1 heterocycles. The topological polar surface area (TPSA) is 91.8 Å². The van der Waals surface area contributed by atoms with E-state index in [1.807, 2.05) is 0 Å². The average Bonchev–Trinajstić information content (AvgIpc) is 2.48. The van der Waals surface area contributed by atoms with Crippen molar-refractivity contribution in [1.82, 2.24) is 4.98 Å². The highest BCUT2D eigenvalue weighted by molar-refractivity contribution is 5.58. The van der Waals surface area contributed by atoms with Gasteiger partial charge in [0.05, 0.1) is 10.5 Å². The van der Waals surface area contributed by atoms with Crippen molar-refractivity contribution in [2.75, 3.05) is 5.32 Å². The monoisotopic (exact) mass is 290 g/mol. The van der Waals surface area contributed by atoms with Crippen LogP contribution >= 0.6 is 0 Å². The van der Waals surface area contributed by atoms with Crippen LogP contribution in [-0.4, -0.2) is 9.91 Å². The van der Waals surface area contributed by atoms with Crippen molar-refractivity contribution in [3.05, 3.63) is 63.3 Å². The molecule has 106 valence electrons. The molecular weight excluding hydrogens is 282 g/mol. The fraction of sp³-hybridized carbons (Fsp3) is 0.0769. The Labute approximate surface area is 117 Å². The number of pyridine rings is 1. The number of halogens is 2. The third-order valence-electron chi connectivity index (χ3n) is 2.64. The summed E-state index contributed by atoms with van der Waals surface area (Å²) in [5.41, 5.74) is 0.0890. The SMILES string of the molecule is N#Cc1cnc(NCc2ccc(F)c(F)c2)c([N+](=O)[O-])c1. The molecule has 0 saturated carbocycles. The third-order valence-corrected chi connectivity index (χ3v) is 2.64. The lowest BCUT2D eigenvalue weighted by atomic mass is 10.2. The molecule has 0 atom stereocenters. The standard InChI is InChI=1S/C13H8F2N4O2/c14-10-2-1-8(3-11(10)15)6-17-13-12(19(20)21)4-9(5-16)7-18-13/h1-4,7H,6H2,(H,17,18). The van der Waals surface area contributed by atoms with Gasteiger partial charge in [0.25, 0.3) is 0 Å². The predicted octanol–water partition coefficient (Wildman–Crippen LogP) is 2.75. The quantitative estimate of drug-likeness (QED) is 0.690. The number of benzene rings is 1. The molecule has 0 fully saturated rings. The Bertz CT molecular complexity index is 743. The van der Waals surface area contributed by atoms with Crippen molar-refractivity contribution >= 4 is 11.5 Å². The Hall–Kier alpha value is -3.08. The fourth-order valence-electron chi connectivity index (χ4n) is 1.63. The van der Waals surface area contributed by atoms with E-state index >= 15 is 0 Å². The Balaban J connectivity index is 2.21. The van der Waals surface area contributed by atoms with Gasteiger partial charge in [0, 0.05) is 18.8 Å². The smallest absolute Gasteiger partial charge is 0.312 e. The first kappa shape index (κ1) is 14.3. The van der Waals surface area contributed by atoms with Crippen molar-refractivity contribution in [3.8, 4) is 6.07 Å². The molecule has 0 spiro atoms. The number of nitro groups is 1. The largest absolute Gasteiger partial charge is 0.360 e. The van der Waals surface area contributed by atoms with Crippen LogP contribution in [0.5, 0.6) is 0 Å². The molecule has 1 aromatic carbocycles. The number of nitriles is 1. The summed E-state index contributed by atoms with van der Waals surface area (Å²) in [5, 5.41) is 22.3.